The first kappa shape index (κ1) is 9.13. The first-order chi connectivity index (χ1) is 6.51. The molecule has 0 atom stereocenters. The average molecular weight is 188 g/mol. The summed E-state index contributed by atoms with van der Waals surface area (Å²) in [5.74, 6) is -0.137. The number of benzene rings is 1. The number of ketones is 2. The molecule has 0 amide bonds. The van der Waals surface area contributed by atoms with Crippen LogP contribution >= 0.6 is 0 Å². The molecule has 2 nitrogen and oxygen atoms in total. The summed E-state index contributed by atoms with van der Waals surface area (Å²) in [5.41, 5.74) is 1.83. The summed E-state index contributed by atoms with van der Waals surface area (Å²) < 4.78 is 0. The van der Waals surface area contributed by atoms with E-state index in [4.69, 9.17) is 0 Å². The van der Waals surface area contributed by atoms with Gasteiger partial charge in [-0.05, 0) is 37.5 Å². The average Bonchev–Trinajstić information content (AvgIpc) is 2.01. The molecular weight excluding hydrogens is 176 g/mol. The predicted octanol–water partition coefficient (Wildman–Crippen LogP) is 1.77. The monoisotopic (exact) mass is 188 g/mol. The maximum absolute atomic E-state index is 11.6. The lowest BCUT2D eigenvalue weighted by molar-refractivity contribution is -0.131. The Morgan fingerprint density at radius 1 is 1.14 bits per heavy atom. The van der Waals surface area contributed by atoms with Crippen LogP contribution in [-0.4, -0.2) is 11.6 Å². The van der Waals surface area contributed by atoms with Gasteiger partial charge in [0.15, 0.2) is 11.6 Å². The quantitative estimate of drug-likeness (QED) is 0.663. The van der Waals surface area contributed by atoms with Gasteiger partial charge in [0, 0.05) is 0 Å². The number of Topliss-reactive ketones (excluding diaryl/α,β-unsaturated/α-hetero) is 2. The van der Waals surface area contributed by atoms with Crippen molar-refractivity contribution in [1.29, 1.82) is 0 Å². The Labute approximate surface area is 82.9 Å². The van der Waals surface area contributed by atoms with Gasteiger partial charge in [0.05, 0.1) is 0 Å². The van der Waals surface area contributed by atoms with Crippen LogP contribution in [0.1, 0.15) is 30.5 Å². The molecular formula is C12H12O2. The number of hydrogen-bond donors (Lipinski definition) is 0. The van der Waals surface area contributed by atoms with Crippen LogP contribution in [0, 0.1) is 6.92 Å². The summed E-state index contributed by atoms with van der Waals surface area (Å²) in [6.07, 6.45) is 0. The van der Waals surface area contributed by atoms with E-state index < -0.39 is 5.41 Å². The number of hydrogen-bond acceptors (Lipinski definition) is 2. The third-order valence-corrected chi connectivity index (χ3v) is 3.13. The van der Waals surface area contributed by atoms with Crippen LogP contribution in [0.2, 0.25) is 0 Å². The highest BCUT2D eigenvalue weighted by Gasteiger charge is 2.50. The van der Waals surface area contributed by atoms with Crippen molar-refractivity contribution in [3.63, 3.8) is 0 Å². The third kappa shape index (κ3) is 0.763. The molecule has 0 aliphatic heterocycles. The summed E-state index contributed by atoms with van der Waals surface area (Å²) in [5, 5.41) is 0. The highest BCUT2D eigenvalue weighted by Crippen LogP contribution is 2.45. The largest absolute Gasteiger partial charge is 0.298 e. The Kier molecular flexibility index (Phi) is 1.65. The fraction of sp³-hybridized carbons (Fsp3) is 0.333. The van der Waals surface area contributed by atoms with Crippen LogP contribution in [0.25, 0.3) is 0 Å². The van der Waals surface area contributed by atoms with Gasteiger partial charge in [0.1, 0.15) is 5.41 Å². The predicted molar refractivity (Wildman–Crippen MR) is 53.3 cm³/mol. The van der Waals surface area contributed by atoms with E-state index in [2.05, 4.69) is 0 Å². The fourth-order valence-electron chi connectivity index (χ4n) is 2.37. The van der Waals surface area contributed by atoms with Crippen LogP contribution in [-0.2, 0) is 15.0 Å². The molecule has 0 N–H and O–H groups in total. The van der Waals surface area contributed by atoms with Gasteiger partial charge in [-0.3, -0.25) is 9.59 Å². The summed E-state index contributed by atoms with van der Waals surface area (Å²) in [7, 11) is 0. The minimum atomic E-state index is -0.918. The van der Waals surface area contributed by atoms with E-state index in [0.29, 0.717) is 0 Å². The molecule has 2 heteroatoms. The van der Waals surface area contributed by atoms with E-state index in [1.165, 1.54) is 13.8 Å². The van der Waals surface area contributed by atoms with Gasteiger partial charge in [-0.25, -0.2) is 0 Å². The molecule has 2 aliphatic rings. The highest BCUT2D eigenvalue weighted by molar-refractivity contribution is 6.16. The van der Waals surface area contributed by atoms with Crippen LogP contribution in [0.3, 0.4) is 0 Å². The second kappa shape index (κ2) is 2.53. The second-order valence-corrected chi connectivity index (χ2v) is 3.89. The molecule has 2 bridgehead atoms. The Balaban J connectivity index is 2.69. The van der Waals surface area contributed by atoms with E-state index in [1.807, 2.05) is 25.1 Å². The molecule has 0 saturated carbocycles. The second-order valence-electron chi connectivity index (χ2n) is 3.89. The van der Waals surface area contributed by atoms with Crippen molar-refractivity contribution in [2.24, 2.45) is 0 Å². The van der Waals surface area contributed by atoms with Crippen molar-refractivity contribution >= 4 is 11.6 Å². The number of rotatable bonds is 2. The summed E-state index contributed by atoms with van der Waals surface area (Å²) in [6.45, 7) is 4.90. The Morgan fingerprint density at radius 3 is 2.00 bits per heavy atom. The molecule has 3 rings (SSSR count). The Bertz CT molecular complexity index is 426. The molecule has 0 unspecified atom stereocenters. The number of fused-ring (bicyclic) bond motifs is 2. The van der Waals surface area contributed by atoms with Crippen molar-refractivity contribution in [3.8, 4) is 0 Å². The van der Waals surface area contributed by atoms with Crippen LogP contribution in [0.5, 0.6) is 0 Å². The zero-order valence-electron chi connectivity index (χ0n) is 8.55. The minimum Gasteiger partial charge on any atom is -0.298 e. The standard InChI is InChI=1S/C12H12O2/c1-7-4-5-10-6-11(7)12(10,8(2)13)9(3)14/h4-6H,1-3H3. The molecule has 72 valence electrons. The first-order valence-electron chi connectivity index (χ1n) is 4.65. The van der Waals surface area contributed by atoms with Gasteiger partial charge >= 0.3 is 0 Å². The third-order valence-electron chi connectivity index (χ3n) is 3.13. The van der Waals surface area contributed by atoms with Crippen LogP contribution in [0.4, 0.5) is 0 Å². The number of aryl methyl sites for hydroxylation is 1. The van der Waals surface area contributed by atoms with E-state index >= 15 is 0 Å². The number of carbonyl (C=O) groups is 2. The van der Waals surface area contributed by atoms with Gasteiger partial charge in [0.25, 0.3) is 0 Å². The van der Waals surface area contributed by atoms with Crippen LogP contribution in [0.15, 0.2) is 18.2 Å². The summed E-state index contributed by atoms with van der Waals surface area (Å²) in [6, 6.07) is 5.75. The highest BCUT2D eigenvalue weighted by atomic mass is 16.2. The van der Waals surface area contributed by atoms with Crippen molar-refractivity contribution in [2.75, 3.05) is 0 Å². The number of carbonyl (C=O) groups excluding carboxylic acids is 2. The van der Waals surface area contributed by atoms with Crippen LogP contribution < -0.4 is 0 Å². The maximum Gasteiger partial charge on any atom is 0.152 e. The van der Waals surface area contributed by atoms with Crippen molar-refractivity contribution < 1.29 is 9.59 Å². The zero-order chi connectivity index (χ0) is 10.5. The zero-order valence-corrected chi connectivity index (χ0v) is 8.55. The van der Waals surface area contributed by atoms with Crippen molar-refractivity contribution in [3.05, 3.63) is 34.9 Å². The topological polar surface area (TPSA) is 34.1 Å². The molecule has 0 spiro atoms. The molecule has 0 fully saturated rings. The lowest BCUT2D eigenvalue weighted by Crippen LogP contribution is -2.48. The summed E-state index contributed by atoms with van der Waals surface area (Å²) in [4.78, 5) is 23.2. The summed E-state index contributed by atoms with van der Waals surface area (Å²) >= 11 is 0. The van der Waals surface area contributed by atoms with E-state index in [-0.39, 0.29) is 11.6 Å². The molecule has 1 aromatic rings. The molecule has 2 aliphatic carbocycles. The van der Waals surface area contributed by atoms with E-state index in [9.17, 15) is 9.59 Å². The molecule has 0 aromatic heterocycles. The molecule has 14 heavy (non-hydrogen) atoms. The normalized spacial score (nSPS) is 15.9. The van der Waals surface area contributed by atoms with Crippen molar-refractivity contribution in [2.45, 2.75) is 26.2 Å². The fourth-order valence-corrected chi connectivity index (χ4v) is 2.37. The smallest absolute Gasteiger partial charge is 0.152 e. The molecule has 0 saturated heterocycles. The van der Waals surface area contributed by atoms with Gasteiger partial charge in [-0.15, -0.1) is 0 Å². The Hall–Kier alpha value is -1.44. The van der Waals surface area contributed by atoms with Gasteiger partial charge in [-0.1, -0.05) is 18.2 Å². The minimum absolute atomic E-state index is 0.0683. The lowest BCUT2D eigenvalue weighted by atomic mass is 9.60. The molecule has 0 radical (unpaired) electrons. The van der Waals surface area contributed by atoms with Gasteiger partial charge in [0.2, 0.25) is 0 Å². The molecule has 1 aromatic carbocycles. The van der Waals surface area contributed by atoms with Gasteiger partial charge < -0.3 is 0 Å². The van der Waals surface area contributed by atoms with E-state index in [0.717, 1.165) is 16.7 Å². The maximum atomic E-state index is 11.6. The molecule has 0 heterocycles. The Morgan fingerprint density at radius 2 is 1.71 bits per heavy atom. The van der Waals surface area contributed by atoms with Crippen molar-refractivity contribution in [1.82, 2.24) is 0 Å². The van der Waals surface area contributed by atoms with Gasteiger partial charge in [-0.2, -0.15) is 0 Å². The SMILES string of the molecule is CC(=O)C1(C(C)=O)c2ccc(C)c1c2. The van der Waals surface area contributed by atoms with E-state index in [1.54, 1.807) is 0 Å². The lowest BCUT2D eigenvalue weighted by Gasteiger charge is -2.39. The first-order valence-corrected chi connectivity index (χ1v) is 4.65.